The third-order valence-electron chi connectivity index (χ3n) is 7.87. The van der Waals surface area contributed by atoms with E-state index in [9.17, 15) is 19.8 Å². The van der Waals surface area contributed by atoms with Crippen LogP contribution in [-0.2, 0) is 22.7 Å². The van der Waals surface area contributed by atoms with Crippen LogP contribution in [-0.4, -0.2) is 69.1 Å². The summed E-state index contributed by atoms with van der Waals surface area (Å²) in [5, 5.41) is 22.7. The first kappa shape index (κ1) is 28.1. The lowest BCUT2D eigenvalue weighted by Crippen LogP contribution is -2.74. The number of carbonyl (C=O) groups excluding carboxylic acids is 2. The molecule has 2 aromatic carbocycles. The number of piperazine rings is 1. The number of hydrogen-bond acceptors (Lipinski definition) is 6. The molecule has 4 rings (SSSR count). The largest absolute Gasteiger partial charge is 0.457 e. The molecule has 8 heteroatoms. The predicted molar refractivity (Wildman–Crippen MR) is 146 cm³/mol. The number of piperidine rings is 1. The van der Waals surface area contributed by atoms with E-state index in [0.29, 0.717) is 38.2 Å². The smallest absolute Gasteiger partial charge is 0.248 e. The molecule has 38 heavy (non-hydrogen) atoms. The van der Waals surface area contributed by atoms with E-state index in [0.717, 1.165) is 36.3 Å². The molecule has 2 saturated heterocycles. The Balaban J connectivity index is 1.38. The topological polar surface area (TPSA) is 102 Å². The molecular formula is C30H41N3O5. The second kappa shape index (κ2) is 12.3. The Morgan fingerprint density at radius 1 is 1.00 bits per heavy atom. The van der Waals surface area contributed by atoms with E-state index in [1.54, 1.807) is 4.90 Å². The molecule has 0 aromatic heterocycles. The Morgan fingerprint density at radius 3 is 2.11 bits per heavy atom. The number of amides is 2. The summed E-state index contributed by atoms with van der Waals surface area (Å²) in [6.45, 7) is 8.50. The minimum Gasteiger partial charge on any atom is -0.457 e. The number of benzene rings is 2. The number of nitrogens with zero attached hydrogens (tertiary/aromatic N) is 2. The Kier molecular flexibility index (Phi) is 9.07. The van der Waals surface area contributed by atoms with E-state index in [4.69, 9.17) is 4.74 Å². The van der Waals surface area contributed by atoms with Crippen molar-refractivity contribution in [2.75, 3.05) is 19.6 Å². The van der Waals surface area contributed by atoms with Crippen molar-refractivity contribution in [3.05, 3.63) is 59.7 Å². The number of aliphatic hydroxyl groups excluding tert-OH is 2. The highest BCUT2D eigenvalue weighted by molar-refractivity contribution is 6.00. The molecule has 1 spiro atoms. The van der Waals surface area contributed by atoms with Crippen molar-refractivity contribution in [3.63, 3.8) is 0 Å². The van der Waals surface area contributed by atoms with Gasteiger partial charge in [-0.05, 0) is 60.6 Å². The van der Waals surface area contributed by atoms with Crippen molar-refractivity contribution in [1.82, 2.24) is 15.1 Å². The summed E-state index contributed by atoms with van der Waals surface area (Å²) in [7, 11) is 0. The van der Waals surface area contributed by atoms with Crippen molar-refractivity contribution in [2.45, 2.75) is 77.3 Å². The van der Waals surface area contributed by atoms with E-state index in [1.807, 2.05) is 62.4 Å². The average molecular weight is 524 g/mol. The maximum absolute atomic E-state index is 13.5. The van der Waals surface area contributed by atoms with Crippen LogP contribution in [0.15, 0.2) is 48.5 Å². The molecule has 3 N–H and O–H groups in total. The van der Waals surface area contributed by atoms with E-state index in [2.05, 4.69) is 17.1 Å². The lowest BCUT2D eigenvalue weighted by atomic mass is 9.80. The minimum atomic E-state index is -0.903. The molecule has 2 aliphatic rings. The maximum atomic E-state index is 13.5. The van der Waals surface area contributed by atoms with Crippen molar-refractivity contribution in [3.8, 4) is 11.5 Å². The van der Waals surface area contributed by atoms with Gasteiger partial charge in [0.15, 0.2) is 0 Å². The zero-order valence-corrected chi connectivity index (χ0v) is 22.7. The van der Waals surface area contributed by atoms with Gasteiger partial charge in [-0.2, -0.15) is 0 Å². The molecule has 2 amide bonds. The lowest BCUT2D eigenvalue weighted by Gasteiger charge is -2.52. The highest BCUT2D eigenvalue weighted by Crippen LogP contribution is 2.35. The van der Waals surface area contributed by atoms with Gasteiger partial charge in [0.2, 0.25) is 11.8 Å². The van der Waals surface area contributed by atoms with Gasteiger partial charge in [0, 0.05) is 26.2 Å². The lowest BCUT2D eigenvalue weighted by molar-refractivity contribution is -0.165. The molecule has 2 heterocycles. The number of unbranched alkanes of at least 4 members (excludes halogenated alkanes) is 1. The van der Waals surface area contributed by atoms with Crippen LogP contribution in [0, 0.1) is 5.92 Å². The zero-order chi connectivity index (χ0) is 27.3. The Labute approximate surface area is 225 Å². The van der Waals surface area contributed by atoms with Gasteiger partial charge in [-0.25, -0.2) is 0 Å². The third-order valence-corrected chi connectivity index (χ3v) is 7.87. The number of rotatable bonds is 10. The molecule has 8 nitrogen and oxygen atoms in total. The van der Waals surface area contributed by atoms with Gasteiger partial charge in [-0.15, -0.1) is 0 Å². The molecule has 2 fully saturated rings. The fourth-order valence-corrected chi connectivity index (χ4v) is 5.39. The van der Waals surface area contributed by atoms with Gasteiger partial charge in [0.25, 0.3) is 0 Å². The summed E-state index contributed by atoms with van der Waals surface area (Å²) in [5.74, 6) is 1.04. The first-order valence-corrected chi connectivity index (χ1v) is 13.8. The summed E-state index contributed by atoms with van der Waals surface area (Å²) in [5.41, 5.74) is 1.14. The Morgan fingerprint density at radius 2 is 1.58 bits per heavy atom. The fraction of sp³-hybridized carbons (Fsp3) is 0.533. The molecule has 0 aliphatic carbocycles. The van der Waals surface area contributed by atoms with Gasteiger partial charge >= 0.3 is 0 Å². The molecule has 2 unspecified atom stereocenters. The van der Waals surface area contributed by atoms with Gasteiger partial charge in [-0.3, -0.25) is 14.5 Å². The quantitative estimate of drug-likeness (QED) is 0.441. The van der Waals surface area contributed by atoms with E-state index in [-0.39, 0.29) is 24.3 Å². The van der Waals surface area contributed by atoms with Crippen molar-refractivity contribution < 1.29 is 24.5 Å². The Bertz CT molecular complexity index is 1080. The first-order chi connectivity index (χ1) is 18.3. The van der Waals surface area contributed by atoms with Crippen molar-refractivity contribution >= 4 is 11.8 Å². The van der Waals surface area contributed by atoms with Crippen molar-refractivity contribution in [2.24, 2.45) is 5.92 Å². The van der Waals surface area contributed by atoms with Crippen LogP contribution in [0.5, 0.6) is 11.5 Å². The van der Waals surface area contributed by atoms with Gasteiger partial charge < -0.3 is 25.2 Å². The number of hydrogen-bond donors (Lipinski definition) is 3. The summed E-state index contributed by atoms with van der Waals surface area (Å²) in [4.78, 5) is 31.0. The van der Waals surface area contributed by atoms with Crippen LogP contribution in [0.4, 0.5) is 0 Å². The molecule has 0 saturated carbocycles. The molecule has 2 aliphatic heterocycles. The maximum Gasteiger partial charge on any atom is 0.248 e. The molecule has 2 atom stereocenters. The van der Waals surface area contributed by atoms with Gasteiger partial charge in [0.1, 0.15) is 23.1 Å². The SMILES string of the molecule is CCCCN1C(=O)C(C(O)C(C)C)NC(=O)C12CCN(Cc1ccc(Oc3ccc(CO)cc3)cc1)CC2. The second-order valence-electron chi connectivity index (χ2n) is 10.9. The standard InChI is InChI=1S/C30H41N3O5/c1-4-5-16-33-28(36)26(27(35)21(2)3)31-29(37)30(33)14-17-32(18-15-30)19-22-6-10-24(11-7-22)38-25-12-8-23(20-34)9-13-25/h6-13,21,26-27,34-35H,4-5,14-20H2,1-3H3,(H,31,37). The molecule has 206 valence electrons. The molecule has 0 bridgehead atoms. The van der Waals surface area contributed by atoms with Crippen LogP contribution < -0.4 is 10.1 Å². The minimum absolute atomic E-state index is 0.00608. The average Bonchev–Trinajstić information content (AvgIpc) is 2.93. The molecular weight excluding hydrogens is 482 g/mol. The molecule has 0 radical (unpaired) electrons. The number of aliphatic hydroxyl groups is 2. The third kappa shape index (κ3) is 6.03. The first-order valence-electron chi connectivity index (χ1n) is 13.8. The summed E-state index contributed by atoms with van der Waals surface area (Å²) >= 11 is 0. The highest BCUT2D eigenvalue weighted by atomic mass is 16.5. The van der Waals surface area contributed by atoms with E-state index < -0.39 is 17.7 Å². The van der Waals surface area contributed by atoms with Gasteiger partial charge in [-0.1, -0.05) is 51.5 Å². The number of carbonyl (C=O) groups is 2. The van der Waals surface area contributed by atoms with Crippen LogP contribution >= 0.6 is 0 Å². The van der Waals surface area contributed by atoms with Crippen LogP contribution in [0.25, 0.3) is 0 Å². The normalized spacial score (nSPS) is 20.6. The van der Waals surface area contributed by atoms with Crippen LogP contribution in [0.2, 0.25) is 0 Å². The highest BCUT2D eigenvalue weighted by Gasteiger charge is 2.54. The summed E-state index contributed by atoms with van der Waals surface area (Å²) in [6.07, 6.45) is 2.00. The zero-order valence-electron chi connectivity index (χ0n) is 22.7. The molecule has 2 aromatic rings. The van der Waals surface area contributed by atoms with E-state index >= 15 is 0 Å². The van der Waals surface area contributed by atoms with E-state index in [1.165, 1.54) is 0 Å². The van der Waals surface area contributed by atoms with Gasteiger partial charge in [0.05, 0.1) is 12.7 Å². The monoisotopic (exact) mass is 523 g/mol. The van der Waals surface area contributed by atoms with Crippen LogP contribution in [0.1, 0.15) is 57.6 Å². The number of nitrogens with one attached hydrogen (secondary N) is 1. The summed E-state index contributed by atoms with van der Waals surface area (Å²) in [6, 6.07) is 14.5. The van der Waals surface area contributed by atoms with Crippen molar-refractivity contribution in [1.29, 1.82) is 0 Å². The second-order valence-corrected chi connectivity index (χ2v) is 10.9. The number of likely N-dealkylation sites (tertiary alicyclic amines) is 1. The fourth-order valence-electron chi connectivity index (χ4n) is 5.39. The van der Waals surface area contributed by atoms with Crippen LogP contribution in [0.3, 0.4) is 0 Å². The Hall–Kier alpha value is -2.94. The number of ether oxygens (including phenoxy) is 1. The predicted octanol–water partition coefficient (Wildman–Crippen LogP) is 3.45. The summed E-state index contributed by atoms with van der Waals surface area (Å²) < 4.78 is 5.91.